The van der Waals surface area contributed by atoms with E-state index in [2.05, 4.69) is 21.2 Å². The average Bonchev–Trinajstić information content (AvgIpc) is 2.35. The Kier molecular flexibility index (Phi) is 8.05. The first-order chi connectivity index (χ1) is 8.34. The molecule has 0 aromatic heterocycles. The predicted molar refractivity (Wildman–Crippen MR) is 73.4 cm³/mol. The summed E-state index contributed by atoms with van der Waals surface area (Å²) in [6, 6.07) is 7.89. The van der Waals surface area contributed by atoms with Crippen LogP contribution in [0.15, 0.2) is 28.7 Å². The van der Waals surface area contributed by atoms with Gasteiger partial charge in [-0.05, 0) is 53.9 Å². The van der Waals surface area contributed by atoms with Crippen molar-refractivity contribution in [3.05, 3.63) is 28.7 Å². The summed E-state index contributed by atoms with van der Waals surface area (Å²) in [4.78, 5) is 0. The number of halogens is 1. The van der Waals surface area contributed by atoms with Gasteiger partial charge in [0.15, 0.2) is 0 Å². The Hall–Kier alpha value is -0.580. The fourth-order valence-corrected chi connectivity index (χ4v) is 1.88. The van der Waals surface area contributed by atoms with Crippen molar-refractivity contribution in [1.82, 2.24) is 5.32 Å². The number of hydrogen-bond donors (Lipinski definition) is 2. The first-order valence-corrected chi connectivity index (χ1v) is 6.83. The van der Waals surface area contributed by atoms with Gasteiger partial charge in [0.05, 0.1) is 17.7 Å². The molecule has 0 atom stereocenters. The fourth-order valence-electron chi connectivity index (χ4n) is 1.48. The van der Waals surface area contributed by atoms with Gasteiger partial charge in [0.2, 0.25) is 0 Å². The van der Waals surface area contributed by atoms with E-state index < -0.39 is 0 Å². The molecule has 0 fully saturated rings. The molecule has 96 valence electrons. The third-order valence-electron chi connectivity index (χ3n) is 2.38. The second kappa shape index (κ2) is 9.45. The minimum Gasteiger partial charge on any atom is -0.492 e. The van der Waals surface area contributed by atoms with Gasteiger partial charge in [0.25, 0.3) is 0 Å². The van der Waals surface area contributed by atoms with E-state index in [1.807, 2.05) is 24.3 Å². The molecule has 0 saturated heterocycles. The Balaban J connectivity index is 1.99. The number of aliphatic hydroxyl groups is 1. The van der Waals surface area contributed by atoms with Crippen LogP contribution in [0.4, 0.5) is 0 Å². The molecular weight excluding hydrogens is 282 g/mol. The van der Waals surface area contributed by atoms with E-state index in [0.717, 1.165) is 42.6 Å². The number of hydrogen-bond acceptors (Lipinski definition) is 3. The van der Waals surface area contributed by atoms with Gasteiger partial charge in [0.1, 0.15) is 5.75 Å². The second-order valence-electron chi connectivity index (χ2n) is 3.81. The zero-order valence-electron chi connectivity index (χ0n) is 9.99. The molecule has 17 heavy (non-hydrogen) atoms. The molecule has 0 amide bonds. The lowest BCUT2D eigenvalue weighted by molar-refractivity contribution is 0.288. The molecule has 1 aromatic carbocycles. The monoisotopic (exact) mass is 301 g/mol. The largest absolute Gasteiger partial charge is 0.492 e. The van der Waals surface area contributed by atoms with Gasteiger partial charge in [-0.2, -0.15) is 0 Å². The average molecular weight is 302 g/mol. The van der Waals surface area contributed by atoms with Crippen LogP contribution in [0.25, 0.3) is 0 Å². The Morgan fingerprint density at radius 2 is 1.94 bits per heavy atom. The van der Waals surface area contributed by atoms with Crippen LogP contribution >= 0.6 is 15.9 Å². The molecule has 0 heterocycles. The fraction of sp³-hybridized carbons (Fsp3) is 0.538. The normalized spacial score (nSPS) is 10.5. The van der Waals surface area contributed by atoms with E-state index in [-0.39, 0.29) is 6.61 Å². The number of ether oxygens (including phenoxy) is 1. The van der Waals surface area contributed by atoms with Crippen molar-refractivity contribution < 1.29 is 9.84 Å². The van der Waals surface area contributed by atoms with Gasteiger partial charge in [0, 0.05) is 6.54 Å². The molecule has 0 radical (unpaired) electrons. The van der Waals surface area contributed by atoms with Gasteiger partial charge in [-0.25, -0.2) is 0 Å². The Morgan fingerprint density at radius 1 is 1.12 bits per heavy atom. The highest BCUT2D eigenvalue weighted by Gasteiger charge is 1.98. The number of unbranched alkanes of at least 4 members (excludes halogenated alkanes) is 2. The maximum Gasteiger partial charge on any atom is 0.133 e. The van der Waals surface area contributed by atoms with Gasteiger partial charge in [-0.15, -0.1) is 0 Å². The first kappa shape index (κ1) is 14.5. The summed E-state index contributed by atoms with van der Waals surface area (Å²) in [7, 11) is 0. The smallest absolute Gasteiger partial charge is 0.133 e. The lowest BCUT2D eigenvalue weighted by Crippen LogP contribution is -2.19. The van der Waals surface area contributed by atoms with Gasteiger partial charge < -0.3 is 15.2 Å². The predicted octanol–water partition coefficient (Wildman–Crippen LogP) is 2.58. The summed E-state index contributed by atoms with van der Waals surface area (Å²) < 4.78 is 6.66. The number of benzene rings is 1. The molecule has 3 nitrogen and oxygen atoms in total. The van der Waals surface area contributed by atoms with Crippen LogP contribution in [0.1, 0.15) is 19.3 Å². The minimum atomic E-state index is 0.213. The van der Waals surface area contributed by atoms with Crippen LogP contribution in [-0.2, 0) is 0 Å². The third kappa shape index (κ3) is 6.66. The van der Waals surface area contributed by atoms with Crippen LogP contribution in [0, 0.1) is 0 Å². The van der Waals surface area contributed by atoms with Crippen LogP contribution in [0.3, 0.4) is 0 Å². The Labute approximate surface area is 111 Å². The molecule has 1 rings (SSSR count). The summed E-state index contributed by atoms with van der Waals surface area (Å²) in [6.07, 6.45) is 3.32. The highest BCUT2D eigenvalue weighted by atomic mass is 79.9. The molecule has 1 aromatic rings. The van der Waals surface area contributed by atoms with Gasteiger partial charge >= 0.3 is 0 Å². The quantitative estimate of drug-likeness (QED) is 0.689. The molecule has 0 aliphatic carbocycles. The topological polar surface area (TPSA) is 41.5 Å². The van der Waals surface area contributed by atoms with Gasteiger partial charge in [-0.3, -0.25) is 0 Å². The van der Waals surface area contributed by atoms with E-state index in [4.69, 9.17) is 9.84 Å². The maximum atomic E-state index is 8.57. The van der Waals surface area contributed by atoms with E-state index in [1.54, 1.807) is 0 Å². The number of nitrogens with one attached hydrogen (secondary N) is 1. The van der Waals surface area contributed by atoms with Crippen molar-refractivity contribution in [3.63, 3.8) is 0 Å². The highest BCUT2D eigenvalue weighted by molar-refractivity contribution is 9.10. The molecule has 0 saturated carbocycles. The second-order valence-corrected chi connectivity index (χ2v) is 4.67. The standard InChI is InChI=1S/C13H20BrNO2/c14-12-6-2-3-7-13(12)17-11-5-1-4-8-15-9-10-16/h2-3,6-7,15-16H,1,4-5,8-11H2. The van der Waals surface area contributed by atoms with Crippen LogP contribution in [0.2, 0.25) is 0 Å². The molecule has 2 N–H and O–H groups in total. The summed E-state index contributed by atoms with van der Waals surface area (Å²) in [5.41, 5.74) is 0. The van der Waals surface area contributed by atoms with E-state index in [1.165, 1.54) is 0 Å². The van der Waals surface area contributed by atoms with Crippen LogP contribution in [-0.4, -0.2) is 31.4 Å². The third-order valence-corrected chi connectivity index (χ3v) is 3.04. The Bertz CT molecular complexity index is 307. The lowest BCUT2D eigenvalue weighted by atomic mass is 10.2. The molecule has 4 heteroatoms. The van der Waals surface area contributed by atoms with Crippen molar-refractivity contribution in [2.75, 3.05) is 26.3 Å². The number of rotatable bonds is 9. The van der Waals surface area contributed by atoms with E-state index >= 15 is 0 Å². The molecule has 0 unspecified atom stereocenters. The molecule has 0 bridgehead atoms. The summed E-state index contributed by atoms with van der Waals surface area (Å²) >= 11 is 3.45. The highest BCUT2D eigenvalue weighted by Crippen LogP contribution is 2.23. The van der Waals surface area contributed by atoms with Crippen LogP contribution in [0.5, 0.6) is 5.75 Å². The van der Waals surface area contributed by atoms with Crippen LogP contribution < -0.4 is 10.1 Å². The van der Waals surface area contributed by atoms with E-state index in [9.17, 15) is 0 Å². The number of para-hydroxylation sites is 1. The molecule has 0 spiro atoms. The summed E-state index contributed by atoms with van der Waals surface area (Å²) in [5, 5.41) is 11.7. The molecular formula is C13H20BrNO2. The maximum absolute atomic E-state index is 8.57. The van der Waals surface area contributed by atoms with Crippen molar-refractivity contribution in [3.8, 4) is 5.75 Å². The van der Waals surface area contributed by atoms with Crippen molar-refractivity contribution in [2.24, 2.45) is 0 Å². The van der Waals surface area contributed by atoms with Crippen molar-refractivity contribution >= 4 is 15.9 Å². The molecule has 0 aliphatic rings. The molecule has 0 aliphatic heterocycles. The zero-order valence-corrected chi connectivity index (χ0v) is 11.6. The van der Waals surface area contributed by atoms with Crippen molar-refractivity contribution in [2.45, 2.75) is 19.3 Å². The number of aliphatic hydroxyl groups excluding tert-OH is 1. The Morgan fingerprint density at radius 3 is 2.71 bits per heavy atom. The summed E-state index contributed by atoms with van der Waals surface area (Å²) in [5.74, 6) is 0.908. The first-order valence-electron chi connectivity index (χ1n) is 6.03. The lowest BCUT2D eigenvalue weighted by Gasteiger charge is -2.07. The SMILES string of the molecule is OCCNCCCCCOc1ccccc1Br. The minimum absolute atomic E-state index is 0.213. The van der Waals surface area contributed by atoms with Gasteiger partial charge in [-0.1, -0.05) is 12.1 Å². The summed E-state index contributed by atoms with van der Waals surface area (Å²) in [6.45, 7) is 2.62. The zero-order chi connectivity index (χ0) is 12.3. The van der Waals surface area contributed by atoms with E-state index in [0.29, 0.717) is 6.54 Å². The van der Waals surface area contributed by atoms with Crippen molar-refractivity contribution in [1.29, 1.82) is 0 Å².